The molecule has 1 unspecified atom stereocenters. The molecule has 0 saturated carbocycles. The molecule has 3 aromatic carbocycles. The molecule has 0 fully saturated rings. The van der Waals surface area contributed by atoms with Crippen molar-refractivity contribution in [1.82, 2.24) is 14.5 Å². The Balaban J connectivity index is 1.89. The molecular weight excluding hydrogens is 513 g/mol. The van der Waals surface area contributed by atoms with Crippen molar-refractivity contribution in [3.05, 3.63) is 105 Å². The van der Waals surface area contributed by atoms with E-state index in [2.05, 4.69) is 13.8 Å². The highest BCUT2D eigenvalue weighted by molar-refractivity contribution is 6.30. The minimum absolute atomic E-state index is 0.0879. The molecule has 0 aliphatic heterocycles. The Morgan fingerprint density at radius 1 is 1.00 bits per heavy atom. The fourth-order valence-corrected chi connectivity index (χ4v) is 5.12. The first-order valence-corrected chi connectivity index (χ1v) is 14.1. The first-order valence-electron chi connectivity index (χ1n) is 13.8. The van der Waals surface area contributed by atoms with Gasteiger partial charge in [-0.1, -0.05) is 75.9 Å². The summed E-state index contributed by atoms with van der Waals surface area (Å²) >= 11 is 6.14. The number of hydrogen-bond acceptors (Lipinski definition) is 3. The summed E-state index contributed by atoms with van der Waals surface area (Å²) in [6.07, 6.45) is 5.42. The smallest absolute Gasteiger partial charge is 0.266 e. The minimum atomic E-state index is -0.570. The zero-order chi connectivity index (χ0) is 27.9. The van der Waals surface area contributed by atoms with E-state index in [0.717, 1.165) is 37.7 Å². The molecule has 1 aromatic heterocycles. The number of para-hydroxylation sites is 1. The molecule has 0 N–H and O–H groups in total. The van der Waals surface area contributed by atoms with Crippen molar-refractivity contribution < 1.29 is 9.18 Å². The summed E-state index contributed by atoms with van der Waals surface area (Å²) in [4.78, 5) is 34.7. The second-order valence-corrected chi connectivity index (χ2v) is 10.2. The number of aryl methyl sites for hydroxylation is 1. The number of amides is 1. The summed E-state index contributed by atoms with van der Waals surface area (Å²) in [5.74, 6) is -0.246. The molecule has 0 saturated heterocycles. The number of carbonyl (C=O) groups is 1. The number of rotatable bonds is 11. The van der Waals surface area contributed by atoms with Gasteiger partial charge in [-0.2, -0.15) is 0 Å². The van der Waals surface area contributed by atoms with E-state index in [9.17, 15) is 14.0 Å². The maximum Gasteiger partial charge on any atom is 0.266 e. The molecule has 4 aromatic rings. The van der Waals surface area contributed by atoms with Gasteiger partial charge in [-0.05, 0) is 67.3 Å². The zero-order valence-electron chi connectivity index (χ0n) is 22.8. The predicted molar refractivity (Wildman–Crippen MR) is 156 cm³/mol. The van der Waals surface area contributed by atoms with Crippen molar-refractivity contribution in [3.63, 3.8) is 0 Å². The Hall–Kier alpha value is -3.51. The molecule has 0 radical (unpaired) electrons. The van der Waals surface area contributed by atoms with Gasteiger partial charge in [0.15, 0.2) is 0 Å². The van der Waals surface area contributed by atoms with Crippen LogP contribution in [0.1, 0.15) is 80.7 Å². The average molecular weight is 548 g/mol. The van der Waals surface area contributed by atoms with Crippen LogP contribution in [0.4, 0.5) is 4.39 Å². The number of benzene rings is 3. The van der Waals surface area contributed by atoms with Crippen molar-refractivity contribution in [1.29, 1.82) is 0 Å². The van der Waals surface area contributed by atoms with E-state index in [1.54, 1.807) is 18.2 Å². The van der Waals surface area contributed by atoms with Crippen LogP contribution in [0.15, 0.2) is 71.5 Å². The van der Waals surface area contributed by atoms with Crippen LogP contribution in [-0.4, -0.2) is 26.9 Å². The summed E-state index contributed by atoms with van der Waals surface area (Å²) in [5, 5.41) is 0.350. The van der Waals surface area contributed by atoms with Crippen LogP contribution in [0.2, 0.25) is 5.02 Å². The lowest BCUT2D eigenvalue weighted by molar-refractivity contribution is 0.0654. The lowest BCUT2D eigenvalue weighted by Crippen LogP contribution is -2.39. The molecule has 1 atom stereocenters. The average Bonchev–Trinajstić information content (AvgIpc) is 2.96. The van der Waals surface area contributed by atoms with Crippen LogP contribution in [-0.2, 0) is 6.42 Å². The summed E-state index contributed by atoms with van der Waals surface area (Å²) in [7, 11) is 0. The summed E-state index contributed by atoms with van der Waals surface area (Å²) in [6, 6.07) is 18.5. The number of halogens is 2. The van der Waals surface area contributed by atoms with Crippen LogP contribution in [0.25, 0.3) is 16.6 Å². The maximum absolute atomic E-state index is 14.1. The quantitative estimate of drug-likeness (QED) is 0.179. The predicted octanol–water partition coefficient (Wildman–Crippen LogP) is 7.91. The molecule has 0 aliphatic carbocycles. The fourth-order valence-electron chi connectivity index (χ4n) is 4.95. The Bertz CT molecular complexity index is 1500. The topological polar surface area (TPSA) is 55.2 Å². The van der Waals surface area contributed by atoms with E-state index in [1.807, 2.05) is 42.2 Å². The molecule has 0 aliphatic rings. The fraction of sp³-hybridized carbons (Fsp3) is 0.344. The van der Waals surface area contributed by atoms with Gasteiger partial charge in [0.05, 0.1) is 27.7 Å². The van der Waals surface area contributed by atoms with E-state index in [1.165, 1.54) is 22.8 Å². The Kier molecular flexibility index (Phi) is 9.52. The van der Waals surface area contributed by atoms with Crippen molar-refractivity contribution >= 4 is 28.4 Å². The third-order valence-corrected chi connectivity index (χ3v) is 7.44. The molecule has 39 heavy (non-hydrogen) atoms. The largest absolute Gasteiger partial charge is 0.328 e. The number of carbonyl (C=O) groups excluding carboxylic acids is 1. The third kappa shape index (κ3) is 6.22. The van der Waals surface area contributed by atoms with E-state index in [4.69, 9.17) is 16.6 Å². The molecule has 4 rings (SSSR count). The Labute approximate surface area is 234 Å². The van der Waals surface area contributed by atoms with Gasteiger partial charge < -0.3 is 4.90 Å². The Morgan fingerprint density at radius 3 is 2.41 bits per heavy atom. The molecule has 1 amide bonds. The van der Waals surface area contributed by atoms with Gasteiger partial charge in [0.1, 0.15) is 11.6 Å². The van der Waals surface area contributed by atoms with E-state index < -0.39 is 11.9 Å². The maximum atomic E-state index is 14.1. The number of fused-ring (bicyclic) bond motifs is 1. The van der Waals surface area contributed by atoms with Gasteiger partial charge in [-0.3, -0.25) is 14.2 Å². The van der Waals surface area contributed by atoms with E-state index in [0.29, 0.717) is 40.9 Å². The highest BCUT2D eigenvalue weighted by Crippen LogP contribution is 2.29. The second kappa shape index (κ2) is 13.0. The van der Waals surface area contributed by atoms with Crippen molar-refractivity contribution in [2.75, 3.05) is 6.54 Å². The van der Waals surface area contributed by atoms with Crippen LogP contribution in [0.5, 0.6) is 0 Å². The molecule has 0 bridgehead atoms. The Morgan fingerprint density at radius 2 is 1.74 bits per heavy atom. The first-order chi connectivity index (χ1) is 18.9. The highest BCUT2D eigenvalue weighted by atomic mass is 35.5. The summed E-state index contributed by atoms with van der Waals surface area (Å²) < 4.78 is 15.6. The standard InChI is InChI=1S/C32H35ClFN3O2/c1-4-7-8-11-20-36(31(38)23-16-14-22(5-2)15-17-23)29(6-3)30-35-28-13-10-9-12-25(28)32(39)37(30)24-18-19-27(34)26(33)21-24/h9-10,12-19,21,29H,4-8,11,20H2,1-3H3. The van der Waals surface area contributed by atoms with Gasteiger partial charge in [0, 0.05) is 12.1 Å². The molecular formula is C32H35ClFN3O2. The van der Waals surface area contributed by atoms with Crippen molar-refractivity contribution in [2.45, 2.75) is 65.3 Å². The lowest BCUT2D eigenvalue weighted by atomic mass is 10.0. The van der Waals surface area contributed by atoms with Crippen LogP contribution in [0, 0.1) is 5.82 Å². The van der Waals surface area contributed by atoms with Gasteiger partial charge in [0.25, 0.3) is 11.5 Å². The van der Waals surface area contributed by atoms with E-state index in [-0.39, 0.29) is 16.5 Å². The summed E-state index contributed by atoms with van der Waals surface area (Å²) in [5.41, 5.74) is 2.42. The third-order valence-electron chi connectivity index (χ3n) is 7.15. The second-order valence-electron chi connectivity index (χ2n) is 9.76. The zero-order valence-corrected chi connectivity index (χ0v) is 23.5. The van der Waals surface area contributed by atoms with Gasteiger partial charge in [-0.15, -0.1) is 0 Å². The molecule has 5 nitrogen and oxygen atoms in total. The summed E-state index contributed by atoms with van der Waals surface area (Å²) in [6.45, 7) is 6.75. The van der Waals surface area contributed by atoms with Crippen LogP contribution >= 0.6 is 11.6 Å². The number of aromatic nitrogens is 2. The van der Waals surface area contributed by atoms with Gasteiger partial charge in [-0.25, -0.2) is 9.37 Å². The number of unbranched alkanes of at least 4 members (excludes halogenated alkanes) is 3. The lowest BCUT2D eigenvalue weighted by Gasteiger charge is -2.32. The number of nitrogens with zero attached hydrogens (tertiary/aromatic N) is 3. The minimum Gasteiger partial charge on any atom is -0.328 e. The van der Waals surface area contributed by atoms with Crippen molar-refractivity contribution in [2.24, 2.45) is 0 Å². The van der Waals surface area contributed by atoms with Crippen LogP contribution < -0.4 is 5.56 Å². The molecule has 7 heteroatoms. The van der Waals surface area contributed by atoms with Crippen LogP contribution in [0.3, 0.4) is 0 Å². The first kappa shape index (κ1) is 28.5. The normalized spacial score (nSPS) is 12.0. The van der Waals surface area contributed by atoms with Gasteiger partial charge >= 0.3 is 0 Å². The van der Waals surface area contributed by atoms with E-state index >= 15 is 0 Å². The molecule has 0 spiro atoms. The number of hydrogen-bond donors (Lipinski definition) is 0. The molecule has 1 heterocycles. The van der Waals surface area contributed by atoms with Gasteiger partial charge in [0.2, 0.25) is 0 Å². The SMILES string of the molecule is CCCCCCN(C(=O)c1ccc(CC)cc1)C(CC)c1nc2ccccc2c(=O)n1-c1ccc(F)c(Cl)c1. The van der Waals surface area contributed by atoms with Crippen molar-refractivity contribution in [3.8, 4) is 5.69 Å². The highest BCUT2D eigenvalue weighted by Gasteiger charge is 2.29. The molecule has 204 valence electrons. The monoisotopic (exact) mass is 547 g/mol.